The number of aliphatic imine (C=N–C) groups is 1. The Morgan fingerprint density at radius 3 is 2.64 bits per heavy atom. The smallest absolute Gasteiger partial charge is 0.191 e. The monoisotopic (exact) mass is 305 g/mol. The molecule has 0 radical (unpaired) electrons. The molecular formula is C18H31N3O. The van der Waals surface area contributed by atoms with Crippen LogP contribution in [0.25, 0.3) is 0 Å². The van der Waals surface area contributed by atoms with Gasteiger partial charge in [0.15, 0.2) is 5.96 Å². The lowest BCUT2D eigenvalue weighted by Crippen LogP contribution is -2.72. The average Bonchev–Trinajstić information content (AvgIpc) is 2.92. The largest absolute Gasteiger partial charge is 0.377 e. The van der Waals surface area contributed by atoms with E-state index in [0.717, 1.165) is 25.0 Å². The van der Waals surface area contributed by atoms with Gasteiger partial charge in [0.25, 0.3) is 0 Å². The van der Waals surface area contributed by atoms with Gasteiger partial charge >= 0.3 is 0 Å². The van der Waals surface area contributed by atoms with Crippen molar-refractivity contribution in [2.75, 3.05) is 20.2 Å². The van der Waals surface area contributed by atoms with E-state index in [2.05, 4.69) is 15.6 Å². The summed E-state index contributed by atoms with van der Waals surface area (Å²) in [6.45, 7) is 2.05. The summed E-state index contributed by atoms with van der Waals surface area (Å²) in [5.41, 5.74) is 0.434. The van der Waals surface area contributed by atoms with Gasteiger partial charge in [-0.1, -0.05) is 25.7 Å². The molecule has 4 heteroatoms. The zero-order valence-corrected chi connectivity index (χ0v) is 13.9. The lowest BCUT2D eigenvalue weighted by Gasteiger charge is -2.63. The summed E-state index contributed by atoms with van der Waals surface area (Å²) in [6.07, 6.45) is 12.8. The van der Waals surface area contributed by atoms with Gasteiger partial charge in [-0.2, -0.15) is 0 Å². The second-order valence-electron chi connectivity index (χ2n) is 7.91. The molecule has 4 rings (SSSR count). The molecule has 0 amide bonds. The predicted molar refractivity (Wildman–Crippen MR) is 89.0 cm³/mol. The van der Waals surface area contributed by atoms with Gasteiger partial charge in [0.05, 0.1) is 6.10 Å². The fourth-order valence-electron chi connectivity index (χ4n) is 5.43. The van der Waals surface area contributed by atoms with Crippen LogP contribution in [0.2, 0.25) is 0 Å². The summed E-state index contributed by atoms with van der Waals surface area (Å²) in [5.74, 6) is 2.58. The maximum Gasteiger partial charge on any atom is 0.191 e. The zero-order chi connectivity index (χ0) is 15.0. The van der Waals surface area contributed by atoms with E-state index in [-0.39, 0.29) is 0 Å². The number of fused-ring (bicyclic) bond motifs is 2. The first-order valence-corrected chi connectivity index (χ1v) is 9.42. The molecule has 3 aliphatic carbocycles. The van der Waals surface area contributed by atoms with Crippen molar-refractivity contribution in [2.45, 2.75) is 69.9 Å². The molecule has 22 heavy (non-hydrogen) atoms. The molecule has 3 unspecified atom stereocenters. The van der Waals surface area contributed by atoms with Gasteiger partial charge in [0.1, 0.15) is 0 Å². The van der Waals surface area contributed by atoms with Crippen molar-refractivity contribution in [1.82, 2.24) is 10.6 Å². The highest BCUT2D eigenvalue weighted by molar-refractivity contribution is 5.80. The van der Waals surface area contributed by atoms with Crippen LogP contribution < -0.4 is 10.6 Å². The SMILES string of the molecule is CN=C(NCC1CCCCC1)NC1C2CCOC2C12CCC2. The van der Waals surface area contributed by atoms with Gasteiger partial charge in [0.2, 0.25) is 0 Å². The maximum atomic E-state index is 6.01. The molecule has 2 N–H and O–H groups in total. The second kappa shape index (κ2) is 6.03. The summed E-state index contributed by atoms with van der Waals surface area (Å²) in [7, 11) is 1.91. The molecule has 1 spiro atoms. The molecule has 4 nitrogen and oxygen atoms in total. The van der Waals surface area contributed by atoms with Gasteiger partial charge in [-0.05, 0) is 38.0 Å². The van der Waals surface area contributed by atoms with Gasteiger partial charge in [0, 0.05) is 37.6 Å². The summed E-state index contributed by atoms with van der Waals surface area (Å²) in [4.78, 5) is 4.49. The molecule has 0 aromatic heterocycles. The third kappa shape index (κ3) is 2.34. The molecule has 0 aromatic carbocycles. The van der Waals surface area contributed by atoms with Crippen LogP contribution in [-0.2, 0) is 4.74 Å². The zero-order valence-electron chi connectivity index (χ0n) is 13.9. The standard InChI is InChI=1S/C18H31N3O/c1-19-17(20-12-13-6-3-2-4-7-13)21-15-14-8-11-22-16(14)18(15)9-5-10-18/h13-16H,2-12H2,1H3,(H2,19,20,21). The molecular weight excluding hydrogens is 274 g/mol. The Labute approximate surface area is 134 Å². The molecule has 3 atom stereocenters. The van der Waals surface area contributed by atoms with Crippen LogP contribution in [-0.4, -0.2) is 38.3 Å². The summed E-state index contributed by atoms with van der Waals surface area (Å²) >= 11 is 0. The van der Waals surface area contributed by atoms with Crippen molar-refractivity contribution in [3.63, 3.8) is 0 Å². The Balaban J connectivity index is 1.32. The Morgan fingerprint density at radius 1 is 1.14 bits per heavy atom. The number of hydrogen-bond acceptors (Lipinski definition) is 2. The molecule has 4 aliphatic rings. The first-order valence-electron chi connectivity index (χ1n) is 9.42. The Kier molecular flexibility index (Phi) is 4.05. The summed E-state index contributed by atoms with van der Waals surface area (Å²) in [5, 5.41) is 7.37. The van der Waals surface area contributed by atoms with E-state index in [4.69, 9.17) is 4.74 Å². The summed E-state index contributed by atoms with van der Waals surface area (Å²) in [6, 6.07) is 0.589. The number of hydrogen-bond donors (Lipinski definition) is 2. The third-order valence-electron chi connectivity index (χ3n) is 6.83. The van der Waals surface area contributed by atoms with E-state index in [0.29, 0.717) is 23.5 Å². The topological polar surface area (TPSA) is 45.7 Å². The van der Waals surface area contributed by atoms with Crippen molar-refractivity contribution in [3.8, 4) is 0 Å². The lowest BCUT2D eigenvalue weighted by molar-refractivity contribution is -0.171. The first kappa shape index (κ1) is 14.8. The number of rotatable bonds is 3. The number of nitrogens with zero attached hydrogens (tertiary/aromatic N) is 1. The number of guanidine groups is 1. The third-order valence-corrected chi connectivity index (χ3v) is 6.83. The van der Waals surface area contributed by atoms with Gasteiger partial charge in [-0.15, -0.1) is 0 Å². The maximum absolute atomic E-state index is 6.01. The van der Waals surface area contributed by atoms with E-state index >= 15 is 0 Å². The average molecular weight is 305 g/mol. The molecule has 0 bridgehead atoms. The van der Waals surface area contributed by atoms with Crippen LogP contribution in [0.5, 0.6) is 0 Å². The lowest BCUT2D eigenvalue weighted by atomic mass is 9.46. The molecule has 1 aliphatic heterocycles. The van der Waals surface area contributed by atoms with E-state index < -0.39 is 0 Å². The molecule has 0 aromatic rings. The quantitative estimate of drug-likeness (QED) is 0.622. The van der Waals surface area contributed by atoms with Crippen LogP contribution in [0.1, 0.15) is 57.8 Å². The highest BCUT2D eigenvalue weighted by Gasteiger charge is 2.66. The fraction of sp³-hybridized carbons (Fsp3) is 0.944. The van der Waals surface area contributed by atoms with Crippen LogP contribution >= 0.6 is 0 Å². The van der Waals surface area contributed by atoms with Crippen molar-refractivity contribution >= 4 is 5.96 Å². The molecule has 1 saturated heterocycles. The van der Waals surface area contributed by atoms with Gasteiger partial charge in [-0.3, -0.25) is 4.99 Å². The summed E-state index contributed by atoms with van der Waals surface area (Å²) < 4.78 is 6.01. The number of ether oxygens (including phenoxy) is 1. The van der Waals surface area contributed by atoms with E-state index in [9.17, 15) is 0 Å². The van der Waals surface area contributed by atoms with Crippen LogP contribution in [0.4, 0.5) is 0 Å². The molecule has 4 fully saturated rings. The minimum absolute atomic E-state index is 0.434. The Morgan fingerprint density at radius 2 is 1.95 bits per heavy atom. The highest BCUT2D eigenvalue weighted by atomic mass is 16.5. The molecule has 3 saturated carbocycles. The van der Waals surface area contributed by atoms with Crippen molar-refractivity contribution in [1.29, 1.82) is 0 Å². The van der Waals surface area contributed by atoms with Gasteiger partial charge in [-0.25, -0.2) is 0 Å². The van der Waals surface area contributed by atoms with Crippen molar-refractivity contribution in [3.05, 3.63) is 0 Å². The minimum Gasteiger partial charge on any atom is -0.377 e. The van der Waals surface area contributed by atoms with E-state index in [1.807, 2.05) is 7.05 Å². The number of nitrogens with one attached hydrogen (secondary N) is 2. The van der Waals surface area contributed by atoms with Crippen LogP contribution in [0.15, 0.2) is 4.99 Å². The van der Waals surface area contributed by atoms with Crippen LogP contribution in [0, 0.1) is 17.3 Å². The first-order chi connectivity index (χ1) is 10.8. The van der Waals surface area contributed by atoms with E-state index in [1.165, 1.54) is 57.8 Å². The van der Waals surface area contributed by atoms with Crippen LogP contribution in [0.3, 0.4) is 0 Å². The normalized spacial score (nSPS) is 37.3. The molecule has 124 valence electrons. The predicted octanol–water partition coefficient (Wildman–Crippen LogP) is 2.69. The Bertz CT molecular complexity index is 426. The highest BCUT2D eigenvalue weighted by Crippen LogP contribution is 2.62. The van der Waals surface area contributed by atoms with Crippen molar-refractivity contribution in [2.24, 2.45) is 22.2 Å². The van der Waals surface area contributed by atoms with Crippen molar-refractivity contribution < 1.29 is 4.74 Å². The second-order valence-corrected chi connectivity index (χ2v) is 7.91. The van der Waals surface area contributed by atoms with Gasteiger partial charge < -0.3 is 15.4 Å². The minimum atomic E-state index is 0.434. The molecule has 1 heterocycles. The van der Waals surface area contributed by atoms with E-state index in [1.54, 1.807) is 0 Å². The Hall–Kier alpha value is -0.770. The fourth-order valence-corrected chi connectivity index (χ4v) is 5.43.